The van der Waals surface area contributed by atoms with Gasteiger partial charge in [-0.15, -0.1) is 0 Å². The van der Waals surface area contributed by atoms with Crippen molar-refractivity contribution in [1.82, 2.24) is 0 Å². The normalized spacial score (nSPS) is 38.8. The number of aliphatic carboxylic acids is 1. The van der Waals surface area contributed by atoms with E-state index in [0.717, 1.165) is 36.5 Å². The van der Waals surface area contributed by atoms with Crippen LogP contribution in [0.25, 0.3) is 0 Å². The predicted octanol–water partition coefficient (Wildman–Crippen LogP) is 4.27. The van der Waals surface area contributed by atoms with Crippen LogP contribution in [0.15, 0.2) is 11.1 Å². The van der Waals surface area contributed by atoms with Gasteiger partial charge in [-0.05, 0) is 81.5 Å². The molecular weight excluding hydrogens is 276 g/mol. The van der Waals surface area contributed by atoms with Crippen LogP contribution >= 0.6 is 0 Å². The highest BCUT2D eigenvalue weighted by molar-refractivity contribution is 5.87. The van der Waals surface area contributed by atoms with Gasteiger partial charge in [0.15, 0.2) is 0 Å². The Hall–Kier alpha value is -0.830. The molecule has 22 heavy (non-hydrogen) atoms. The van der Waals surface area contributed by atoms with E-state index in [1.54, 1.807) is 7.11 Å². The number of hydrogen-bond acceptors (Lipinski definition) is 2. The van der Waals surface area contributed by atoms with Gasteiger partial charge in [-0.2, -0.15) is 0 Å². The summed E-state index contributed by atoms with van der Waals surface area (Å²) in [5, 5.41) is 9.57. The monoisotopic (exact) mass is 306 g/mol. The third-order valence-electron chi connectivity index (χ3n) is 6.67. The summed E-state index contributed by atoms with van der Waals surface area (Å²) in [5.41, 5.74) is 1.79. The van der Waals surface area contributed by atoms with Gasteiger partial charge < -0.3 is 9.84 Å². The zero-order valence-corrected chi connectivity index (χ0v) is 14.2. The number of carbonyl (C=O) groups is 1. The van der Waals surface area contributed by atoms with E-state index in [1.807, 2.05) is 6.92 Å². The van der Waals surface area contributed by atoms with Gasteiger partial charge in [-0.3, -0.25) is 0 Å². The van der Waals surface area contributed by atoms with Crippen LogP contribution in [0.4, 0.5) is 0 Å². The van der Waals surface area contributed by atoms with Gasteiger partial charge in [0.25, 0.3) is 0 Å². The van der Waals surface area contributed by atoms with Crippen LogP contribution in [0.1, 0.15) is 58.8 Å². The smallest absolute Gasteiger partial charge is 0.331 e. The van der Waals surface area contributed by atoms with Crippen molar-refractivity contribution in [3.63, 3.8) is 0 Å². The molecule has 4 saturated carbocycles. The summed E-state index contributed by atoms with van der Waals surface area (Å²) < 4.78 is 5.58. The van der Waals surface area contributed by atoms with E-state index in [2.05, 4.69) is 6.92 Å². The molecule has 0 aromatic heterocycles. The summed E-state index contributed by atoms with van der Waals surface area (Å²) >= 11 is 0. The first-order chi connectivity index (χ1) is 10.5. The first kappa shape index (κ1) is 16.0. The number of ether oxygens (including phenoxy) is 1. The maximum Gasteiger partial charge on any atom is 0.331 e. The molecule has 0 aromatic carbocycles. The van der Waals surface area contributed by atoms with Crippen LogP contribution in [0.5, 0.6) is 0 Å². The third kappa shape index (κ3) is 2.84. The molecule has 0 saturated heterocycles. The van der Waals surface area contributed by atoms with Crippen LogP contribution in [0, 0.1) is 29.6 Å². The first-order valence-corrected chi connectivity index (χ1v) is 8.99. The summed E-state index contributed by atoms with van der Waals surface area (Å²) in [5.74, 6) is 3.08. The molecule has 0 heterocycles. The molecule has 1 unspecified atom stereocenters. The van der Waals surface area contributed by atoms with E-state index < -0.39 is 5.97 Å². The maximum absolute atomic E-state index is 11.6. The largest absolute Gasteiger partial charge is 0.478 e. The second-order valence-electron chi connectivity index (χ2n) is 7.88. The molecular formula is C19H30O3. The molecule has 0 aromatic rings. The highest BCUT2D eigenvalue weighted by atomic mass is 16.5. The van der Waals surface area contributed by atoms with E-state index in [0.29, 0.717) is 11.5 Å². The summed E-state index contributed by atoms with van der Waals surface area (Å²) in [7, 11) is 1.75. The fraction of sp³-hybridized carbons (Fsp3) is 0.842. The highest BCUT2D eigenvalue weighted by Gasteiger charge is 2.49. The molecule has 3 nitrogen and oxygen atoms in total. The molecule has 4 rings (SSSR count). The van der Waals surface area contributed by atoms with Crippen LogP contribution in [0.2, 0.25) is 0 Å². The number of hydrogen-bond donors (Lipinski definition) is 1. The number of methoxy groups -OCH3 is 1. The van der Waals surface area contributed by atoms with Crippen LogP contribution in [-0.4, -0.2) is 24.3 Å². The van der Waals surface area contributed by atoms with Gasteiger partial charge in [0.05, 0.1) is 6.10 Å². The van der Waals surface area contributed by atoms with Crippen molar-refractivity contribution in [1.29, 1.82) is 0 Å². The Bertz CT molecular complexity index is 433. The molecule has 3 heteroatoms. The standard InChI is InChI=1S/C19H30O3/c1-4-16(22-3)10-17(11(2)19(20)21)18-14-6-12-5-13(8-14)9-15(18)7-12/h12-16,18H,4-10H2,1-3H3,(H,20,21). The fourth-order valence-corrected chi connectivity index (χ4v) is 5.81. The Balaban J connectivity index is 1.89. The van der Waals surface area contributed by atoms with Crippen molar-refractivity contribution >= 4 is 5.97 Å². The van der Waals surface area contributed by atoms with Crippen molar-refractivity contribution in [2.24, 2.45) is 29.6 Å². The second-order valence-corrected chi connectivity index (χ2v) is 7.88. The Labute approximate surface area is 134 Å². The minimum absolute atomic E-state index is 0.154. The van der Waals surface area contributed by atoms with E-state index in [4.69, 9.17) is 4.74 Å². The van der Waals surface area contributed by atoms with E-state index >= 15 is 0 Å². The number of rotatable bonds is 6. The van der Waals surface area contributed by atoms with Crippen molar-refractivity contribution in [3.8, 4) is 0 Å². The topological polar surface area (TPSA) is 46.5 Å². The molecule has 4 aliphatic rings. The van der Waals surface area contributed by atoms with Crippen molar-refractivity contribution in [3.05, 3.63) is 11.1 Å². The highest BCUT2D eigenvalue weighted by Crippen LogP contribution is 2.59. The van der Waals surface area contributed by atoms with Crippen molar-refractivity contribution in [2.75, 3.05) is 7.11 Å². The molecule has 0 radical (unpaired) electrons. The number of carboxylic acid groups (broad SMARTS) is 1. The second kappa shape index (κ2) is 6.35. The molecule has 1 atom stereocenters. The average Bonchev–Trinajstić information content (AvgIpc) is 2.48. The summed E-state index contributed by atoms with van der Waals surface area (Å²) in [6.07, 6.45) is 8.66. The number of carboxylic acids is 1. The van der Waals surface area contributed by atoms with Gasteiger partial charge in [-0.25, -0.2) is 4.79 Å². The Morgan fingerprint density at radius 2 is 1.68 bits per heavy atom. The van der Waals surface area contributed by atoms with Crippen LogP contribution < -0.4 is 0 Å². The molecule has 0 aliphatic heterocycles. The summed E-state index contributed by atoms with van der Waals surface area (Å²) in [6, 6.07) is 0. The maximum atomic E-state index is 11.6. The Morgan fingerprint density at radius 1 is 1.14 bits per heavy atom. The molecule has 124 valence electrons. The fourth-order valence-electron chi connectivity index (χ4n) is 5.81. The zero-order chi connectivity index (χ0) is 15.9. The molecule has 0 spiro atoms. The van der Waals surface area contributed by atoms with E-state index in [-0.39, 0.29) is 6.10 Å². The van der Waals surface area contributed by atoms with E-state index in [1.165, 1.54) is 37.7 Å². The summed E-state index contributed by atoms with van der Waals surface area (Å²) in [4.78, 5) is 11.6. The molecule has 1 N–H and O–H groups in total. The molecule has 4 fully saturated rings. The zero-order valence-electron chi connectivity index (χ0n) is 14.2. The lowest BCUT2D eigenvalue weighted by Gasteiger charge is -2.55. The van der Waals surface area contributed by atoms with Gasteiger partial charge in [0.2, 0.25) is 0 Å². The van der Waals surface area contributed by atoms with Crippen LogP contribution in [0.3, 0.4) is 0 Å². The SMILES string of the molecule is CCC(CC(=C(C)C(=O)O)C1C2CC3CC(C2)CC1C3)OC. The minimum Gasteiger partial charge on any atom is -0.478 e. The summed E-state index contributed by atoms with van der Waals surface area (Å²) in [6.45, 7) is 3.93. The van der Waals surface area contributed by atoms with Gasteiger partial charge >= 0.3 is 5.97 Å². The first-order valence-electron chi connectivity index (χ1n) is 8.99. The third-order valence-corrected chi connectivity index (χ3v) is 6.67. The average molecular weight is 306 g/mol. The molecule has 0 amide bonds. The van der Waals surface area contributed by atoms with Crippen molar-refractivity contribution in [2.45, 2.75) is 64.9 Å². The Morgan fingerprint density at radius 3 is 2.09 bits per heavy atom. The molecule has 4 aliphatic carbocycles. The Kier molecular flexibility index (Phi) is 4.63. The lowest BCUT2D eigenvalue weighted by atomic mass is 9.50. The van der Waals surface area contributed by atoms with Crippen LogP contribution in [-0.2, 0) is 9.53 Å². The van der Waals surface area contributed by atoms with Crippen molar-refractivity contribution < 1.29 is 14.6 Å². The van der Waals surface area contributed by atoms with Gasteiger partial charge in [-0.1, -0.05) is 12.5 Å². The van der Waals surface area contributed by atoms with Gasteiger partial charge in [0, 0.05) is 12.7 Å². The predicted molar refractivity (Wildman–Crippen MR) is 86.6 cm³/mol. The lowest BCUT2D eigenvalue weighted by molar-refractivity contribution is -0.132. The van der Waals surface area contributed by atoms with E-state index in [9.17, 15) is 9.90 Å². The minimum atomic E-state index is -0.741. The lowest BCUT2D eigenvalue weighted by Crippen LogP contribution is -2.46. The van der Waals surface area contributed by atoms with Gasteiger partial charge in [0.1, 0.15) is 0 Å². The quantitative estimate of drug-likeness (QED) is 0.745. The molecule has 4 bridgehead atoms.